The molecule has 0 saturated carbocycles. The van der Waals surface area contributed by atoms with Gasteiger partial charge in [-0.25, -0.2) is 0 Å². The lowest BCUT2D eigenvalue weighted by Gasteiger charge is -2.03. The highest BCUT2D eigenvalue weighted by Crippen LogP contribution is 2.22. The van der Waals surface area contributed by atoms with Gasteiger partial charge in [0.15, 0.2) is 0 Å². The van der Waals surface area contributed by atoms with Crippen LogP contribution in [-0.2, 0) is 6.42 Å². The van der Waals surface area contributed by atoms with Crippen molar-refractivity contribution in [3.8, 4) is 0 Å². The van der Waals surface area contributed by atoms with Gasteiger partial charge in [-0.1, -0.05) is 29.8 Å². The molecule has 0 bridgehead atoms. The van der Waals surface area contributed by atoms with Gasteiger partial charge in [0.1, 0.15) is 4.88 Å². The van der Waals surface area contributed by atoms with Gasteiger partial charge >= 0.3 is 0 Å². The first-order valence-electron chi connectivity index (χ1n) is 6.32. The number of rotatable bonds is 4. The molecule has 0 fully saturated rings. The summed E-state index contributed by atoms with van der Waals surface area (Å²) < 4.78 is 0. The maximum absolute atomic E-state index is 11.9. The number of hydrogen-bond acceptors (Lipinski definition) is 2. The molecule has 102 valence electrons. The monoisotopic (exact) mass is 304 g/mol. The lowest BCUT2D eigenvalue weighted by Crippen LogP contribution is -2.25. The molecule has 0 aliphatic carbocycles. The van der Waals surface area contributed by atoms with Gasteiger partial charge in [0, 0.05) is 23.6 Å². The fourth-order valence-corrected chi connectivity index (χ4v) is 3.24. The first-order chi connectivity index (χ1) is 9.75. The zero-order chi connectivity index (χ0) is 13.9. The fraction of sp³-hybridized carbons (Fsp3) is 0.133. The number of hydrogen-bond donors (Lipinski definition) is 2. The number of amides is 1. The highest BCUT2D eigenvalue weighted by Gasteiger charge is 2.11. The van der Waals surface area contributed by atoms with Gasteiger partial charge in [-0.15, -0.1) is 11.3 Å². The molecule has 1 aromatic carbocycles. The Kier molecular flexibility index (Phi) is 3.76. The number of thiophene rings is 1. The molecule has 2 aromatic heterocycles. The first kappa shape index (κ1) is 13.2. The molecule has 2 N–H and O–H groups in total. The van der Waals surface area contributed by atoms with Crippen molar-refractivity contribution < 1.29 is 4.79 Å². The maximum atomic E-state index is 11.9. The zero-order valence-corrected chi connectivity index (χ0v) is 12.2. The van der Waals surface area contributed by atoms with E-state index in [-0.39, 0.29) is 5.91 Å². The van der Waals surface area contributed by atoms with E-state index in [9.17, 15) is 4.79 Å². The van der Waals surface area contributed by atoms with Crippen molar-refractivity contribution in [1.29, 1.82) is 0 Å². The number of nitrogens with one attached hydrogen (secondary N) is 2. The summed E-state index contributed by atoms with van der Waals surface area (Å²) in [5.41, 5.74) is 2.33. The van der Waals surface area contributed by atoms with Gasteiger partial charge < -0.3 is 10.3 Å². The van der Waals surface area contributed by atoms with Crippen LogP contribution in [0.5, 0.6) is 0 Å². The maximum Gasteiger partial charge on any atom is 0.262 e. The van der Waals surface area contributed by atoms with Crippen molar-refractivity contribution >= 4 is 39.7 Å². The van der Waals surface area contributed by atoms with Crippen LogP contribution < -0.4 is 5.32 Å². The minimum atomic E-state index is -0.107. The molecule has 20 heavy (non-hydrogen) atoms. The molecule has 0 radical (unpaired) electrons. The molecule has 0 spiro atoms. The first-order valence-corrected chi connectivity index (χ1v) is 7.57. The van der Waals surface area contributed by atoms with Crippen LogP contribution in [0.1, 0.15) is 15.2 Å². The van der Waals surface area contributed by atoms with Crippen molar-refractivity contribution in [1.82, 2.24) is 10.3 Å². The van der Waals surface area contributed by atoms with Crippen LogP contribution in [0.15, 0.2) is 41.9 Å². The Morgan fingerprint density at radius 3 is 2.95 bits per heavy atom. The third-order valence-electron chi connectivity index (χ3n) is 3.18. The van der Waals surface area contributed by atoms with Crippen molar-refractivity contribution in [3.05, 3.63) is 57.4 Å². The zero-order valence-electron chi connectivity index (χ0n) is 10.7. The fourth-order valence-electron chi connectivity index (χ4n) is 2.19. The summed E-state index contributed by atoms with van der Waals surface area (Å²) in [7, 11) is 0. The number of fused-ring (bicyclic) bond motifs is 1. The summed E-state index contributed by atoms with van der Waals surface area (Å²) in [6.07, 6.45) is 2.79. The number of benzene rings is 1. The van der Waals surface area contributed by atoms with Crippen LogP contribution in [0.4, 0.5) is 0 Å². The second kappa shape index (κ2) is 5.69. The van der Waals surface area contributed by atoms with E-state index >= 15 is 0 Å². The number of carbonyl (C=O) groups is 1. The van der Waals surface area contributed by atoms with E-state index in [0.717, 1.165) is 11.9 Å². The van der Waals surface area contributed by atoms with Gasteiger partial charge in [-0.3, -0.25) is 4.79 Å². The van der Waals surface area contributed by atoms with Gasteiger partial charge in [0.05, 0.1) is 5.02 Å². The smallest absolute Gasteiger partial charge is 0.262 e. The van der Waals surface area contributed by atoms with Crippen molar-refractivity contribution in [2.45, 2.75) is 6.42 Å². The second-order valence-corrected chi connectivity index (χ2v) is 5.79. The molecule has 3 rings (SSSR count). The third kappa shape index (κ3) is 2.57. The Morgan fingerprint density at radius 1 is 1.30 bits per heavy atom. The van der Waals surface area contributed by atoms with Crippen LogP contribution >= 0.6 is 22.9 Å². The number of aromatic nitrogens is 1. The molecule has 1 amide bonds. The minimum absolute atomic E-state index is 0.107. The Labute approximate surface area is 125 Å². The predicted octanol–water partition coefficient (Wildman–Crippen LogP) is 3.86. The molecule has 0 atom stereocenters. The highest BCUT2D eigenvalue weighted by atomic mass is 35.5. The Morgan fingerprint density at radius 2 is 2.15 bits per heavy atom. The average molecular weight is 305 g/mol. The highest BCUT2D eigenvalue weighted by molar-refractivity contribution is 7.12. The van der Waals surface area contributed by atoms with Crippen LogP contribution in [-0.4, -0.2) is 17.4 Å². The summed E-state index contributed by atoms with van der Waals surface area (Å²) >= 11 is 7.29. The predicted molar refractivity (Wildman–Crippen MR) is 83.7 cm³/mol. The molecule has 3 aromatic rings. The standard InChI is InChI=1S/C15H13ClN2OS/c16-12-6-8-20-14(12)15(19)17-7-5-10-9-18-13-4-2-1-3-11(10)13/h1-4,6,8-9,18H,5,7H2,(H,17,19). The van der Waals surface area contributed by atoms with E-state index in [0.29, 0.717) is 16.4 Å². The van der Waals surface area contributed by atoms with E-state index in [4.69, 9.17) is 11.6 Å². The Hall–Kier alpha value is -1.78. The normalized spacial score (nSPS) is 10.8. The molecule has 2 heterocycles. The number of H-pyrrole nitrogens is 1. The summed E-state index contributed by atoms with van der Waals surface area (Å²) in [6.45, 7) is 0.592. The minimum Gasteiger partial charge on any atom is -0.361 e. The van der Waals surface area contributed by atoms with Crippen LogP contribution in [0.25, 0.3) is 10.9 Å². The largest absolute Gasteiger partial charge is 0.361 e. The number of halogens is 1. The second-order valence-electron chi connectivity index (χ2n) is 4.46. The van der Waals surface area contributed by atoms with Crippen molar-refractivity contribution in [2.75, 3.05) is 6.54 Å². The summed E-state index contributed by atoms with van der Waals surface area (Å²) in [5, 5.41) is 6.44. The molecule has 0 aliphatic rings. The van der Waals surface area contributed by atoms with Crippen LogP contribution in [0.2, 0.25) is 5.02 Å². The van der Waals surface area contributed by atoms with E-state index in [2.05, 4.69) is 16.4 Å². The topological polar surface area (TPSA) is 44.9 Å². The third-order valence-corrected chi connectivity index (χ3v) is 4.52. The Balaban J connectivity index is 1.63. The van der Waals surface area contributed by atoms with E-state index in [1.807, 2.05) is 29.8 Å². The molecule has 5 heteroatoms. The van der Waals surface area contributed by atoms with E-state index < -0.39 is 0 Å². The van der Waals surface area contributed by atoms with Gasteiger partial charge in [0.25, 0.3) is 5.91 Å². The van der Waals surface area contributed by atoms with Crippen molar-refractivity contribution in [2.24, 2.45) is 0 Å². The summed E-state index contributed by atoms with van der Waals surface area (Å²) in [5.74, 6) is -0.107. The number of carbonyl (C=O) groups excluding carboxylic acids is 1. The van der Waals surface area contributed by atoms with Gasteiger partial charge in [-0.05, 0) is 29.5 Å². The van der Waals surface area contributed by atoms with E-state index in [1.54, 1.807) is 6.07 Å². The van der Waals surface area contributed by atoms with Crippen LogP contribution in [0, 0.1) is 0 Å². The summed E-state index contributed by atoms with van der Waals surface area (Å²) in [4.78, 5) is 15.7. The average Bonchev–Trinajstić information content (AvgIpc) is 3.05. The SMILES string of the molecule is O=C(NCCc1c[nH]c2ccccc12)c1sccc1Cl. The molecular formula is C15H13ClN2OS. The molecule has 0 saturated heterocycles. The van der Waals surface area contributed by atoms with Gasteiger partial charge in [0.2, 0.25) is 0 Å². The van der Waals surface area contributed by atoms with Crippen LogP contribution in [0.3, 0.4) is 0 Å². The summed E-state index contributed by atoms with van der Waals surface area (Å²) in [6, 6.07) is 9.88. The Bertz CT molecular complexity index is 747. The molecule has 0 unspecified atom stereocenters. The number of aromatic amines is 1. The lowest BCUT2D eigenvalue weighted by molar-refractivity contribution is 0.0958. The molecule has 3 nitrogen and oxygen atoms in total. The quantitative estimate of drug-likeness (QED) is 0.755. The number of para-hydroxylation sites is 1. The van der Waals surface area contributed by atoms with E-state index in [1.165, 1.54) is 22.3 Å². The molecular weight excluding hydrogens is 292 g/mol. The van der Waals surface area contributed by atoms with Gasteiger partial charge in [-0.2, -0.15) is 0 Å². The van der Waals surface area contributed by atoms with Crippen molar-refractivity contribution in [3.63, 3.8) is 0 Å². The molecule has 0 aliphatic heterocycles. The lowest BCUT2D eigenvalue weighted by atomic mass is 10.1.